The van der Waals surface area contributed by atoms with Crippen LogP contribution >= 0.6 is 0 Å². The van der Waals surface area contributed by atoms with Crippen LogP contribution in [0.1, 0.15) is 39.3 Å². The highest BCUT2D eigenvalue weighted by molar-refractivity contribution is 6.01. The van der Waals surface area contributed by atoms with E-state index >= 15 is 0 Å². The van der Waals surface area contributed by atoms with Crippen molar-refractivity contribution in [3.05, 3.63) is 42.2 Å². The number of carbonyl (C=O) groups is 1. The number of aromatic nitrogens is 2. The van der Waals surface area contributed by atoms with Crippen LogP contribution in [-0.4, -0.2) is 65.6 Å². The first-order valence-corrected chi connectivity index (χ1v) is 11.2. The van der Waals surface area contributed by atoms with E-state index in [2.05, 4.69) is 42.2 Å². The van der Waals surface area contributed by atoms with Gasteiger partial charge >= 0.3 is 0 Å². The number of halogens is 1. The Morgan fingerprint density at radius 3 is 2.67 bits per heavy atom. The largest absolute Gasteiger partial charge is 0.367 e. The van der Waals surface area contributed by atoms with Gasteiger partial charge in [0.05, 0.1) is 17.6 Å². The van der Waals surface area contributed by atoms with Gasteiger partial charge in [-0.15, -0.1) is 0 Å². The molecule has 2 N–H and O–H groups in total. The van der Waals surface area contributed by atoms with E-state index in [4.69, 9.17) is 0 Å². The molecule has 0 aliphatic carbocycles. The molecule has 2 aromatic heterocycles. The van der Waals surface area contributed by atoms with Gasteiger partial charge in [-0.1, -0.05) is 0 Å². The molecule has 9 heteroatoms. The maximum Gasteiger partial charge on any atom is 0.228 e. The molecule has 0 spiro atoms. The Kier molecular flexibility index (Phi) is 8.59. The van der Waals surface area contributed by atoms with Gasteiger partial charge in [0.2, 0.25) is 5.91 Å². The number of carbonyl (C=O) groups excluding carboxylic acids is 1. The lowest BCUT2D eigenvalue weighted by Gasteiger charge is -2.30. The summed E-state index contributed by atoms with van der Waals surface area (Å²) in [4.78, 5) is 32.0. The number of piperidine rings is 1. The van der Waals surface area contributed by atoms with Crippen molar-refractivity contribution in [3.8, 4) is 0 Å². The molecule has 1 aliphatic rings. The first-order chi connectivity index (χ1) is 15.9. The third-order valence-corrected chi connectivity index (χ3v) is 5.52. The van der Waals surface area contributed by atoms with E-state index in [1.807, 2.05) is 32.9 Å². The Morgan fingerprint density at radius 2 is 2.00 bits per heavy atom. The summed E-state index contributed by atoms with van der Waals surface area (Å²) in [5.74, 6) is 0.987. The van der Waals surface area contributed by atoms with Crippen LogP contribution in [0, 0.1) is 5.92 Å². The molecule has 176 valence electrons. The molecule has 0 unspecified atom stereocenters. The fraction of sp³-hybridized carbons (Fsp3) is 0.458. The number of fused-ring (bicyclic) bond motifs is 1. The predicted octanol–water partition coefficient (Wildman–Crippen LogP) is 3.56. The zero-order valence-electron chi connectivity index (χ0n) is 19.5. The van der Waals surface area contributed by atoms with Gasteiger partial charge in [-0.2, -0.15) is 0 Å². The second kappa shape index (κ2) is 11.6. The maximum atomic E-state index is 12.7. The molecule has 33 heavy (non-hydrogen) atoms. The topological polar surface area (TPSA) is 94.9 Å². The molecule has 0 atom stereocenters. The number of hydrogen-bond donors (Lipinski definition) is 2. The lowest BCUT2D eigenvalue weighted by atomic mass is 9.96. The highest BCUT2D eigenvalue weighted by atomic mass is 19.1. The van der Waals surface area contributed by atoms with Crippen molar-refractivity contribution in [3.63, 3.8) is 0 Å². The highest BCUT2D eigenvalue weighted by Gasteiger charge is 2.25. The summed E-state index contributed by atoms with van der Waals surface area (Å²) in [5.41, 5.74) is 1.44. The molecule has 0 aromatic carbocycles. The van der Waals surface area contributed by atoms with Gasteiger partial charge in [0, 0.05) is 36.3 Å². The quantitative estimate of drug-likeness (QED) is 0.566. The van der Waals surface area contributed by atoms with Crippen LogP contribution in [-0.2, 0) is 4.79 Å². The molecule has 0 bridgehead atoms. The van der Waals surface area contributed by atoms with Crippen molar-refractivity contribution in [1.82, 2.24) is 20.2 Å². The standard InChI is InChI=1S/C24H32FN7O/c1-16(2)29-23(15-26-4)30-17(3)21-11-19-12-22(28-14-20(19)13-27-21)31-24(33)18-5-8-32(9-6-18)10-7-25/h11-16,18,29H,4-10H2,1-3H3,(H,28,31,33)/b23-15-,30-17?. The van der Waals surface area contributed by atoms with Crippen molar-refractivity contribution in [2.45, 2.75) is 39.7 Å². The van der Waals surface area contributed by atoms with E-state index in [1.54, 1.807) is 18.6 Å². The van der Waals surface area contributed by atoms with Crippen LogP contribution in [0.4, 0.5) is 10.2 Å². The minimum absolute atomic E-state index is 0.0414. The van der Waals surface area contributed by atoms with Crippen LogP contribution in [0.5, 0.6) is 0 Å². The number of nitrogens with zero attached hydrogens (tertiary/aromatic N) is 5. The van der Waals surface area contributed by atoms with Crippen LogP contribution < -0.4 is 10.6 Å². The third-order valence-electron chi connectivity index (χ3n) is 5.52. The molecular formula is C24H32FN7O. The Hall–Kier alpha value is -3.20. The fourth-order valence-electron chi connectivity index (χ4n) is 3.79. The summed E-state index contributed by atoms with van der Waals surface area (Å²) in [7, 11) is 0. The Balaban J connectivity index is 1.74. The smallest absolute Gasteiger partial charge is 0.228 e. The summed E-state index contributed by atoms with van der Waals surface area (Å²) in [5, 5.41) is 7.93. The van der Waals surface area contributed by atoms with E-state index in [0.29, 0.717) is 23.9 Å². The number of alkyl halides is 1. The van der Waals surface area contributed by atoms with Gasteiger partial charge in [-0.3, -0.25) is 14.8 Å². The monoisotopic (exact) mass is 453 g/mol. The minimum Gasteiger partial charge on any atom is -0.367 e. The average Bonchev–Trinajstić information content (AvgIpc) is 2.79. The van der Waals surface area contributed by atoms with E-state index in [1.165, 1.54) is 0 Å². The zero-order valence-corrected chi connectivity index (χ0v) is 19.5. The normalized spacial score (nSPS) is 16.3. The van der Waals surface area contributed by atoms with Crippen molar-refractivity contribution in [2.75, 3.05) is 31.6 Å². The van der Waals surface area contributed by atoms with Crippen LogP contribution in [0.3, 0.4) is 0 Å². The number of aliphatic imine (C=N–C) groups is 2. The molecule has 1 saturated heterocycles. The number of rotatable bonds is 9. The van der Waals surface area contributed by atoms with Crippen LogP contribution in [0.25, 0.3) is 10.8 Å². The number of anilines is 1. The van der Waals surface area contributed by atoms with Crippen molar-refractivity contribution >= 4 is 34.9 Å². The molecule has 3 rings (SSSR count). The van der Waals surface area contributed by atoms with Crippen molar-refractivity contribution in [1.29, 1.82) is 0 Å². The lowest BCUT2D eigenvalue weighted by Crippen LogP contribution is -2.39. The van der Waals surface area contributed by atoms with Gasteiger partial charge in [0.1, 0.15) is 18.3 Å². The molecule has 2 aromatic rings. The van der Waals surface area contributed by atoms with Gasteiger partial charge in [0.25, 0.3) is 0 Å². The molecule has 3 heterocycles. The first kappa shape index (κ1) is 24.4. The van der Waals surface area contributed by atoms with Crippen LogP contribution in [0.15, 0.2) is 46.5 Å². The van der Waals surface area contributed by atoms with Crippen LogP contribution in [0.2, 0.25) is 0 Å². The summed E-state index contributed by atoms with van der Waals surface area (Å²) >= 11 is 0. The number of likely N-dealkylation sites (tertiary alicyclic amines) is 1. The van der Waals surface area contributed by atoms with E-state index in [0.717, 1.165) is 42.4 Å². The second-order valence-corrected chi connectivity index (χ2v) is 8.47. The van der Waals surface area contributed by atoms with Crippen molar-refractivity contribution in [2.24, 2.45) is 15.9 Å². The number of hydrogen-bond acceptors (Lipinski definition) is 7. The number of nitrogens with one attached hydrogen (secondary N) is 2. The third kappa shape index (κ3) is 6.89. The molecule has 0 radical (unpaired) electrons. The molecular weight excluding hydrogens is 421 g/mol. The van der Waals surface area contributed by atoms with Gasteiger partial charge in [-0.25, -0.2) is 14.4 Å². The SMILES string of the molecule is C=N/C=C(\N=C(C)c1cc2cc(NC(=O)C3CCN(CCF)CC3)ncc2cn1)NC(C)C. The second-order valence-electron chi connectivity index (χ2n) is 8.47. The average molecular weight is 454 g/mol. The zero-order chi connectivity index (χ0) is 23.8. The Labute approximate surface area is 194 Å². The van der Waals surface area contributed by atoms with Crippen molar-refractivity contribution < 1.29 is 9.18 Å². The lowest BCUT2D eigenvalue weighted by molar-refractivity contribution is -0.121. The van der Waals surface area contributed by atoms with Gasteiger partial charge < -0.3 is 15.5 Å². The maximum absolute atomic E-state index is 12.7. The summed E-state index contributed by atoms with van der Waals surface area (Å²) in [6.07, 6.45) is 6.47. The van der Waals surface area contributed by atoms with Gasteiger partial charge in [-0.05, 0) is 70.9 Å². The molecule has 1 fully saturated rings. The predicted molar refractivity (Wildman–Crippen MR) is 131 cm³/mol. The van der Waals surface area contributed by atoms with Gasteiger partial charge in [0.15, 0.2) is 0 Å². The minimum atomic E-state index is -0.351. The number of pyridine rings is 2. The van der Waals surface area contributed by atoms with E-state index in [-0.39, 0.29) is 24.5 Å². The summed E-state index contributed by atoms with van der Waals surface area (Å²) in [6, 6.07) is 3.97. The molecule has 0 saturated carbocycles. The Bertz CT molecular complexity index is 1040. The molecule has 1 aliphatic heterocycles. The van der Waals surface area contributed by atoms with E-state index in [9.17, 15) is 9.18 Å². The molecule has 8 nitrogen and oxygen atoms in total. The Morgan fingerprint density at radius 1 is 1.27 bits per heavy atom. The highest BCUT2D eigenvalue weighted by Crippen LogP contribution is 2.21. The summed E-state index contributed by atoms with van der Waals surface area (Å²) < 4.78 is 12.5. The molecule has 1 amide bonds. The van der Waals surface area contributed by atoms with E-state index < -0.39 is 0 Å². The summed E-state index contributed by atoms with van der Waals surface area (Å²) in [6.45, 7) is 11.0. The first-order valence-electron chi connectivity index (χ1n) is 11.2. The fourth-order valence-corrected chi connectivity index (χ4v) is 3.79. The number of amides is 1.